The van der Waals surface area contributed by atoms with Crippen LogP contribution >= 0.6 is 0 Å². The molecule has 220 valence electrons. The number of carbonyl (C=O) groups excluding carboxylic acids is 3. The number of carboxylic acids is 2. The number of carbonyl (C=O) groups is 5. The Kier molecular flexibility index (Phi) is 10.6. The van der Waals surface area contributed by atoms with Gasteiger partial charge in [-0.25, -0.2) is 9.78 Å². The van der Waals surface area contributed by atoms with Gasteiger partial charge in [-0.05, 0) is 24.0 Å². The van der Waals surface area contributed by atoms with Gasteiger partial charge in [0.1, 0.15) is 18.1 Å². The summed E-state index contributed by atoms with van der Waals surface area (Å²) in [5.41, 5.74) is 7.96. The van der Waals surface area contributed by atoms with E-state index in [2.05, 4.69) is 30.9 Å². The van der Waals surface area contributed by atoms with Gasteiger partial charge in [0.2, 0.25) is 17.7 Å². The van der Waals surface area contributed by atoms with Crippen molar-refractivity contribution in [2.45, 2.75) is 63.7 Å². The third kappa shape index (κ3) is 8.89. The number of aromatic amines is 2. The fraction of sp³-hybridized carbons (Fsp3) is 0.407. The van der Waals surface area contributed by atoms with E-state index in [1.54, 1.807) is 12.3 Å². The second-order valence-corrected chi connectivity index (χ2v) is 10.2. The molecule has 0 aliphatic rings. The van der Waals surface area contributed by atoms with E-state index in [0.717, 1.165) is 10.9 Å². The van der Waals surface area contributed by atoms with Gasteiger partial charge < -0.3 is 41.9 Å². The molecule has 41 heavy (non-hydrogen) atoms. The van der Waals surface area contributed by atoms with Crippen LogP contribution in [0.4, 0.5) is 0 Å². The Hall–Kier alpha value is -4.72. The number of nitrogens with zero attached hydrogens (tertiary/aromatic N) is 1. The molecular weight excluding hydrogens is 534 g/mol. The van der Waals surface area contributed by atoms with Crippen LogP contribution in [-0.4, -0.2) is 79.0 Å². The van der Waals surface area contributed by atoms with Crippen LogP contribution in [0.5, 0.6) is 0 Å². The number of aliphatic carboxylic acids is 2. The summed E-state index contributed by atoms with van der Waals surface area (Å²) in [7, 11) is 0. The molecule has 1 aromatic carbocycles. The second-order valence-electron chi connectivity index (χ2n) is 10.2. The van der Waals surface area contributed by atoms with Crippen molar-refractivity contribution in [3.05, 3.63) is 54.2 Å². The number of imidazole rings is 1. The smallest absolute Gasteiger partial charge is 0.326 e. The Morgan fingerprint density at radius 2 is 1.56 bits per heavy atom. The number of rotatable bonds is 15. The third-order valence-corrected chi connectivity index (χ3v) is 6.40. The first kappa shape index (κ1) is 30.8. The van der Waals surface area contributed by atoms with Crippen molar-refractivity contribution in [2.24, 2.45) is 11.7 Å². The number of H-pyrrole nitrogens is 2. The van der Waals surface area contributed by atoms with Crippen LogP contribution in [0.25, 0.3) is 10.9 Å². The minimum Gasteiger partial charge on any atom is -0.481 e. The standard InChI is InChI=1S/C27H35N7O7/c1-14(2)7-22(27(40)41)34-25(38)20(8-15-11-30-19-6-4-3-5-17(15)19)33-26(39)21(10-23(35)36)32-24(37)18(28)9-16-12-29-13-31-16/h3-6,11-14,18,20-22,30H,7-10,28H2,1-2H3,(H,29,31)(H,32,37)(H,33,39)(H,34,38)(H,35,36)(H,40,41). The molecular formula is C27H35N7O7. The molecule has 0 saturated heterocycles. The molecule has 0 aliphatic heterocycles. The first-order chi connectivity index (χ1) is 19.4. The highest BCUT2D eigenvalue weighted by Gasteiger charge is 2.32. The molecule has 4 atom stereocenters. The number of hydrogen-bond acceptors (Lipinski definition) is 7. The molecule has 3 rings (SSSR count). The van der Waals surface area contributed by atoms with E-state index in [1.807, 2.05) is 32.0 Å². The van der Waals surface area contributed by atoms with Crippen molar-refractivity contribution < 1.29 is 34.2 Å². The fourth-order valence-electron chi connectivity index (χ4n) is 4.36. The zero-order valence-corrected chi connectivity index (χ0v) is 22.7. The van der Waals surface area contributed by atoms with Gasteiger partial charge in [-0.1, -0.05) is 32.0 Å². The van der Waals surface area contributed by atoms with Crippen LogP contribution in [0.2, 0.25) is 0 Å². The molecule has 9 N–H and O–H groups in total. The highest BCUT2D eigenvalue weighted by Crippen LogP contribution is 2.19. The maximum absolute atomic E-state index is 13.4. The summed E-state index contributed by atoms with van der Waals surface area (Å²) < 4.78 is 0. The number of nitrogens with one attached hydrogen (secondary N) is 5. The van der Waals surface area contributed by atoms with E-state index in [0.29, 0.717) is 11.3 Å². The van der Waals surface area contributed by atoms with E-state index in [4.69, 9.17) is 5.73 Å². The zero-order chi connectivity index (χ0) is 30.1. The van der Waals surface area contributed by atoms with Crippen molar-refractivity contribution in [3.63, 3.8) is 0 Å². The van der Waals surface area contributed by atoms with Crippen molar-refractivity contribution in [2.75, 3.05) is 0 Å². The first-order valence-electron chi connectivity index (χ1n) is 13.1. The first-order valence-corrected chi connectivity index (χ1v) is 13.1. The van der Waals surface area contributed by atoms with Gasteiger partial charge in [0.05, 0.1) is 18.8 Å². The largest absolute Gasteiger partial charge is 0.481 e. The van der Waals surface area contributed by atoms with Crippen LogP contribution < -0.4 is 21.7 Å². The predicted octanol–water partition coefficient (Wildman–Crippen LogP) is 0.0633. The summed E-state index contributed by atoms with van der Waals surface area (Å²) in [4.78, 5) is 72.5. The van der Waals surface area contributed by atoms with E-state index in [-0.39, 0.29) is 25.2 Å². The average molecular weight is 570 g/mol. The lowest BCUT2D eigenvalue weighted by Gasteiger charge is -2.25. The van der Waals surface area contributed by atoms with Crippen molar-refractivity contribution in [1.82, 2.24) is 30.9 Å². The van der Waals surface area contributed by atoms with E-state index < -0.39 is 60.2 Å². The van der Waals surface area contributed by atoms with Gasteiger partial charge in [-0.15, -0.1) is 0 Å². The summed E-state index contributed by atoms with van der Waals surface area (Å²) in [6, 6.07) is 2.12. The van der Waals surface area contributed by atoms with Crippen molar-refractivity contribution in [3.8, 4) is 0 Å². The molecule has 14 heteroatoms. The number of carboxylic acid groups (broad SMARTS) is 2. The van der Waals surface area contributed by atoms with Crippen LogP contribution in [0.15, 0.2) is 43.0 Å². The Morgan fingerprint density at radius 3 is 2.20 bits per heavy atom. The molecule has 0 saturated carbocycles. The Labute approximate surface area is 235 Å². The molecule has 4 unspecified atom stereocenters. The minimum atomic E-state index is -1.56. The van der Waals surface area contributed by atoms with Gasteiger partial charge in [0.15, 0.2) is 0 Å². The molecule has 14 nitrogen and oxygen atoms in total. The van der Waals surface area contributed by atoms with Crippen molar-refractivity contribution >= 4 is 40.6 Å². The maximum Gasteiger partial charge on any atom is 0.326 e. The van der Waals surface area contributed by atoms with E-state index >= 15 is 0 Å². The lowest BCUT2D eigenvalue weighted by atomic mass is 10.0. The number of fused-ring (bicyclic) bond motifs is 1. The molecule has 0 bridgehead atoms. The summed E-state index contributed by atoms with van der Waals surface area (Å²) in [5.74, 6) is -5.13. The van der Waals surface area contributed by atoms with Crippen LogP contribution in [0.3, 0.4) is 0 Å². The summed E-state index contributed by atoms with van der Waals surface area (Å²) in [6.45, 7) is 3.62. The normalized spacial score (nSPS) is 14.1. The van der Waals surface area contributed by atoms with Crippen molar-refractivity contribution in [1.29, 1.82) is 0 Å². The third-order valence-electron chi connectivity index (χ3n) is 6.40. The number of benzene rings is 1. The Morgan fingerprint density at radius 1 is 0.902 bits per heavy atom. The lowest BCUT2D eigenvalue weighted by Crippen LogP contribution is -2.58. The molecule has 2 aromatic heterocycles. The molecule has 0 radical (unpaired) electrons. The van der Waals surface area contributed by atoms with E-state index in [1.165, 1.54) is 12.5 Å². The monoisotopic (exact) mass is 569 g/mol. The van der Waals surface area contributed by atoms with Gasteiger partial charge in [0.25, 0.3) is 0 Å². The van der Waals surface area contributed by atoms with Gasteiger partial charge in [0, 0.05) is 41.8 Å². The molecule has 3 amide bonds. The lowest BCUT2D eigenvalue weighted by molar-refractivity contribution is -0.143. The van der Waals surface area contributed by atoms with Gasteiger partial charge in [-0.2, -0.15) is 0 Å². The average Bonchev–Trinajstić information content (AvgIpc) is 3.56. The molecule has 2 heterocycles. The Bertz CT molecular complexity index is 1370. The SMILES string of the molecule is CC(C)CC(NC(=O)C(Cc1c[nH]c2ccccc12)NC(=O)C(CC(=O)O)NC(=O)C(N)Cc1cnc[nH]1)C(=O)O. The van der Waals surface area contributed by atoms with Crippen LogP contribution in [-0.2, 0) is 36.8 Å². The number of amides is 3. The fourth-order valence-corrected chi connectivity index (χ4v) is 4.36. The predicted molar refractivity (Wildman–Crippen MR) is 147 cm³/mol. The molecule has 0 spiro atoms. The zero-order valence-electron chi connectivity index (χ0n) is 22.7. The maximum atomic E-state index is 13.4. The van der Waals surface area contributed by atoms with Crippen LogP contribution in [0, 0.1) is 5.92 Å². The molecule has 3 aromatic rings. The number of aromatic nitrogens is 3. The highest BCUT2D eigenvalue weighted by molar-refractivity contribution is 5.96. The number of hydrogen-bond donors (Lipinski definition) is 8. The topological polar surface area (TPSA) is 232 Å². The van der Waals surface area contributed by atoms with Gasteiger partial charge >= 0.3 is 11.9 Å². The van der Waals surface area contributed by atoms with Crippen LogP contribution in [0.1, 0.15) is 37.9 Å². The number of nitrogens with two attached hydrogens (primary N) is 1. The van der Waals surface area contributed by atoms with E-state index in [9.17, 15) is 34.2 Å². The second kappa shape index (κ2) is 14.1. The highest BCUT2D eigenvalue weighted by atomic mass is 16.4. The summed E-state index contributed by atoms with van der Waals surface area (Å²) >= 11 is 0. The Balaban J connectivity index is 1.82. The molecule has 0 fully saturated rings. The van der Waals surface area contributed by atoms with Gasteiger partial charge in [-0.3, -0.25) is 19.2 Å². The quantitative estimate of drug-likeness (QED) is 0.123. The summed E-state index contributed by atoms with van der Waals surface area (Å²) in [5, 5.41) is 27.2. The summed E-state index contributed by atoms with van der Waals surface area (Å²) in [6.07, 6.45) is 3.96. The molecule has 0 aliphatic carbocycles. The minimum absolute atomic E-state index is 0.0390. The number of para-hydroxylation sites is 1.